The summed E-state index contributed by atoms with van der Waals surface area (Å²) in [4.78, 5) is 17.2. The molecular formula is C21H20F3N3O4S2. The highest BCUT2D eigenvalue weighted by molar-refractivity contribution is 7.89. The van der Waals surface area contributed by atoms with Crippen LogP contribution in [0.1, 0.15) is 20.8 Å². The molecule has 3 rings (SSSR count). The van der Waals surface area contributed by atoms with Crippen LogP contribution in [0.4, 0.5) is 13.2 Å². The fourth-order valence-electron chi connectivity index (χ4n) is 2.75. The smallest absolute Gasteiger partial charge is 0.422 e. The van der Waals surface area contributed by atoms with Gasteiger partial charge >= 0.3 is 6.18 Å². The van der Waals surface area contributed by atoms with Gasteiger partial charge in [0.05, 0.1) is 4.90 Å². The average molecular weight is 500 g/mol. The van der Waals surface area contributed by atoms with E-state index >= 15 is 0 Å². The molecule has 0 spiro atoms. The van der Waals surface area contributed by atoms with Crippen molar-refractivity contribution in [2.45, 2.75) is 24.0 Å². The van der Waals surface area contributed by atoms with Crippen LogP contribution in [-0.4, -0.2) is 38.6 Å². The van der Waals surface area contributed by atoms with Gasteiger partial charge in [0.2, 0.25) is 15.9 Å². The zero-order chi connectivity index (χ0) is 23.9. The molecule has 7 nitrogen and oxygen atoms in total. The van der Waals surface area contributed by atoms with Crippen LogP contribution in [0.2, 0.25) is 0 Å². The van der Waals surface area contributed by atoms with Gasteiger partial charge in [-0.25, -0.2) is 18.1 Å². The number of halogens is 3. The lowest BCUT2D eigenvalue weighted by Crippen LogP contribution is -2.26. The number of amides is 1. The number of carbonyl (C=O) groups excluding carboxylic acids is 1. The second kappa shape index (κ2) is 10.8. The summed E-state index contributed by atoms with van der Waals surface area (Å²) in [5.74, 6) is -0.764. The topological polar surface area (TPSA) is 97.4 Å². The molecule has 2 heterocycles. The molecule has 1 amide bonds. The molecule has 3 aromatic rings. The third kappa shape index (κ3) is 7.55. The zero-order valence-corrected chi connectivity index (χ0v) is 18.8. The van der Waals surface area contributed by atoms with Crippen LogP contribution in [0.15, 0.2) is 65.0 Å². The highest BCUT2D eigenvalue weighted by atomic mass is 32.2. The number of hydrogen-bond acceptors (Lipinski definition) is 6. The van der Waals surface area contributed by atoms with Crippen molar-refractivity contribution in [2.24, 2.45) is 0 Å². The van der Waals surface area contributed by atoms with E-state index in [9.17, 15) is 26.4 Å². The maximum atomic E-state index is 12.4. The van der Waals surface area contributed by atoms with E-state index in [0.717, 1.165) is 4.88 Å². The lowest BCUT2D eigenvalue weighted by molar-refractivity contribution is -0.154. The van der Waals surface area contributed by atoms with E-state index in [0.29, 0.717) is 6.42 Å². The first-order valence-corrected chi connectivity index (χ1v) is 12.0. The first-order chi connectivity index (χ1) is 15.6. The third-order valence-corrected chi connectivity index (χ3v) is 6.75. The Hall–Kier alpha value is -2.96. The fraction of sp³-hybridized carbons (Fsp3) is 0.238. The number of hydrogen-bond donors (Lipinski definition) is 2. The second-order valence-corrected chi connectivity index (χ2v) is 9.60. The third-order valence-electron chi connectivity index (χ3n) is 4.33. The van der Waals surface area contributed by atoms with E-state index in [1.54, 1.807) is 11.3 Å². The predicted octanol–water partition coefficient (Wildman–Crippen LogP) is 3.54. The predicted molar refractivity (Wildman–Crippen MR) is 117 cm³/mol. The van der Waals surface area contributed by atoms with Crippen molar-refractivity contribution in [1.29, 1.82) is 0 Å². The van der Waals surface area contributed by atoms with Gasteiger partial charge in [0.15, 0.2) is 6.61 Å². The summed E-state index contributed by atoms with van der Waals surface area (Å²) in [6.45, 7) is -1.37. The molecular weight excluding hydrogens is 479 g/mol. The van der Waals surface area contributed by atoms with Crippen molar-refractivity contribution < 1.29 is 31.1 Å². The van der Waals surface area contributed by atoms with E-state index < -0.39 is 28.7 Å². The van der Waals surface area contributed by atoms with E-state index in [1.165, 1.54) is 42.6 Å². The molecule has 2 aromatic heterocycles. The maximum Gasteiger partial charge on any atom is 0.422 e. The Morgan fingerprint density at radius 3 is 2.52 bits per heavy atom. The highest BCUT2D eigenvalue weighted by Crippen LogP contribution is 2.20. The molecule has 0 aliphatic carbocycles. The normalized spacial score (nSPS) is 11.8. The van der Waals surface area contributed by atoms with Crippen molar-refractivity contribution in [3.05, 3.63) is 76.1 Å². The summed E-state index contributed by atoms with van der Waals surface area (Å²) in [7, 11) is -3.73. The molecule has 1 aromatic carbocycles. The molecule has 0 atom stereocenters. The largest absolute Gasteiger partial charge is 0.468 e. The molecule has 0 radical (unpaired) electrons. The Morgan fingerprint density at radius 1 is 1.09 bits per heavy atom. The minimum Gasteiger partial charge on any atom is -0.468 e. The van der Waals surface area contributed by atoms with Gasteiger partial charge in [0.25, 0.3) is 5.91 Å². The van der Waals surface area contributed by atoms with Crippen LogP contribution in [-0.2, 0) is 23.0 Å². The number of aromatic nitrogens is 1. The van der Waals surface area contributed by atoms with E-state index in [1.807, 2.05) is 17.5 Å². The molecule has 12 heteroatoms. The van der Waals surface area contributed by atoms with Crippen LogP contribution in [0.5, 0.6) is 5.88 Å². The van der Waals surface area contributed by atoms with Crippen LogP contribution in [0, 0.1) is 0 Å². The summed E-state index contributed by atoms with van der Waals surface area (Å²) in [6, 6.07) is 12.1. The Bertz CT molecular complexity index is 1170. The van der Waals surface area contributed by atoms with Crippen LogP contribution in [0.25, 0.3) is 0 Å². The lowest BCUT2D eigenvalue weighted by atomic mass is 10.2. The summed E-state index contributed by atoms with van der Waals surface area (Å²) in [5.41, 5.74) is 0.457. The Morgan fingerprint density at radius 2 is 1.85 bits per heavy atom. The number of sulfonamides is 1. The average Bonchev–Trinajstić information content (AvgIpc) is 3.29. The van der Waals surface area contributed by atoms with Gasteiger partial charge in [0.1, 0.15) is 0 Å². The summed E-state index contributed by atoms with van der Waals surface area (Å²) in [5, 5.41) is 4.47. The number of alkyl halides is 3. The number of benzene rings is 1. The van der Waals surface area contributed by atoms with Crippen molar-refractivity contribution in [3.63, 3.8) is 0 Å². The summed E-state index contributed by atoms with van der Waals surface area (Å²) >= 11 is 1.54. The van der Waals surface area contributed by atoms with Crippen molar-refractivity contribution in [2.75, 3.05) is 13.2 Å². The zero-order valence-electron chi connectivity index (χ0n) is 17.1. The second-order valence-electron chi connectivity index (χ2n) is 6.81. The van der Waals surface area contributed by atoms with E-state index in [4.69, 9.17) is 0 Å². The number of carbonyl (C=O) groups is 1. The van der Waals surface area contributed by atoms with Crippen LogP contribution in [0.3, 0.4) is 0 Å². The first-order valence-electron chi connectivity index (χ1n) is 9.68. The molecule has 2 N–H and O–H groups in total. The minimum atomic E-state index is -4.51. The number of thiophene rings is 1. The van der Waals surface area contributed by atoms with Gasteiger partial charge in [-0.2, -0.15) is 13.2 Å². The van der Waals surface area contributed by atoms with Gasteiger partial charge < -0.3 is 10.1 Å². The fourth-order valence-corrected chi connectivity index (χ4v) is 4.49. The lowest BCUT2D eigenvalue weighted by Gasteiger charge is -2.12. The Kier molecular flexibility index (Phi) is 8.06. The number of pyridine rings is 1. The standard InChI is InChI=1S/C21H20F3N3O4S2/c22-21(23,24)14-31-20-16(3-1-10-25-20)13-26-19(28)15-5-7-18(8-6-15)33(29,30)27-11-9-17-4-2-12-32-17/h1-8,10,12,27H,9,11,13-14H2,(H,26,28). The molecule has 0 bridgehead atoms. The molecule has 0 saturated carbocycles. The molecule has 176 valence electrons. The van der Waals surface area contributed by atoms with Crippen molar-refractivity contribution in [1.82, 2.24) is 15.0 Å². The number of rotatable bonds is 10. The van der Waals surface area contributed by atoms with Gasteiger partial charge in [0, 0.05) is 35.3 Å². The van der Waals surface area contributed by atoms with Gasteiger partial charge in [-0.15, -0.1) is 11.3 Å². The number of ether oxygens (including phenoxy) is 1. The summed E-state index contributed by atoms with van der Waals surface area (Å²) < 4.78 is 69.2. The van der Waals surface area contributed by atoms with Gasteiger partial charge in [-0.3, -0.25) is 4.79 Å². The molecule has 0 saturated heterocycles. The van der Waals surface area contributed by atoms with E-state index in [-0.39, 0.29) is 35.0 Å². The minimum absolute atomic E-state index is 0.0142. The van der Waals surface area contributed by atoms with Crippen LogP contribution < -0.4 is 14.8 Å². The van der Waals surface area contributed by atoms with Crippen molar-refractivity contribution in [3.8, 4) is 5.88 Å². The molecule has 0 fully saturated rings. The summed E-state index contributed by atoms with van der Waals surface area (Å²) in [6.07, 6.45) is -2.66. The monoisotopic (exact) mass is 499 g/mol. The Balaban J connectivity index is 1.56. The maximum absolute atomic E-state index is 12.4. The molecule has 0 unspecified atom stereocenters. The van der Waals surface area contributed by atoms with Gasteiger partial charge in [-0.05, 0) is 48.2 Å². The highest BCUT2D eigenvalue weighted by Gasteiger charge is 2.29. The molecule has 33 heavy (non-hydrogen) atoms. The Labute approximate surface area is 192 Å². The number of nitrogens with one attached hydrogen (secondary N) is 2. The van der Waals surface area contributed by atoms with Crippen LogP contribution >= 0.6 is 11.3 Å². The molecule has 0 aliphatic rings. The van der Waals surface area contributed by atoms with Crippen molar-refractivity contribution >= 4 is 27.3 Å². The first kappa shape index (κ1) is 24.7. The number of nitrogens with zero attached hydrogens (tertiary/aromatic N) is 1. The SMILES string of the molecule is O=C(NCc1cccnc1OCC(F)(F)F)c1ccc(S(=O)(=O)NCCc2cccs2)cc1. The molecule has 0 aliphatic heterocycles. The quantitative estimate of drug-likeness (QED) is 0.445. The van der Waals surface area contributed by atoms with E-state index in [2.05, 4.69) is 19.8 Å². The van der Waals surface area contributed by atoms with Gasteiger partial charge in [-0.1, -0.05) is 12.1 Å².